The summed E-state index contributed by atoms with van der Waals surface area (Å²) in [6, 6.07) is 0. The standard InChI is InChI=1S/C15H25NO4/c1-3-15(4-2)11-12(17)16(14(15)20)10-8-6-5-7-9-13(18)19/h3-11H2,1-2H3,(H,18,19). The molecule has 0 radical (unpaired) electrons. The molecule has 0 spiro atoms. The summed E-state index contributed by atoms with van der Waals surface area (Å²) in [5.41, 5.74) is -0.472. The third-order valence-electron chi connectivity index (χ3n) is 4.37. The highest BCUT2D eigenvalue weighted by atomic mass is 16.4. The number of hydrogen-bond donors (Lipinski definition) is 1. The summed E-state index contributed by atoms with van der Waals surface area (Å²) in [4.78, 5) is 36.1. The highest BCUT2D eigenvalue weighted by Crippen LogP contribution is 2.39. The molecule has 0 aliphatic carbocycles. The molecule has 1 fully saturated rings. The zero-order valence-electron chi connectivity index (χ0n) is 12.5. The van der Waals surface area contributed by atoms with Gasteiger partial charge in [0, 0.05) is 19.4 Å². The molecule has 1 aliphatic heterocycles. The maximum atomic E-state index is 12.3. The molecular formula is C15H25NO4. The average Bonchev–Trinajstić information content (AvgIpc) is 2.66. The van der Waals surface area contributed by atoms with Crippen molar-refractivity contribution in [3.05, 3.63) is 0 Å². The van der Waals surface area contributed by atoms with Crippen LogP contribution in [0.5, 0.6) is 0 Å². The molecule has 2 amide bonds. The number of imide groups is 1. The van der Waals surface area contributed by atoms with Crippen molar-refractivity contribution in [2.75, 3.05) is 6.54 Å². The van der Waals surface area contributed by atoms with Crippen LogP contribution in [0.2, 0.25) is 0 Å². The molecule has 20 heavy (non-hydrogen) atoms. The first-order chi connectivity index (χ1) is 9.46. The van der Waals surface area contributed by atoms with Crippen molar-refractivity contribution in [3.8, 4) is 0 Å². The van der Waals surface area contributed by atoms with Gasteiger partial charge in [-0.15, -0.1) is 0 Å². The molecule has 0 aromatic carbocycles. The van der Waals surface area contributed by atoms with Crippen LogP contribution in [0.1, 0.15) is 65.2 Å². The molecule has 1 aliphatic rings. The molecule has 114 valence electrons. The zero-order valence-corrected chi connectivity index (χ0v) is 12.5. The van der Waals surface area contributed by atoms with E-state index >= 15 is 0 Å². The van der Waals surface area contributed by atoms with Gasteiger partial charge in [-0.3, -0.25) is 19.3 Å². The predicted molar refractivity (Wildman–Crippen MR) is 75.1 cm³/mol. The van der Waals surface area contributed by atoms with Gasteiger partial charge in [0.15, 0.2) is 0 Å². The molecule has 0 saturated carbocycles. The van der Waals surface area contributed by atoms with E-state index in [2.05, 4.69) is 0 Å². The minimum Gasteiger partial charge on any atom is -0.481 e. The number of unbranched alkanes of at least 4 members (excludes halogenated alkanes) is 3. The van der Waals surface area contributed by atoms with Crippen LogP contribution >= 0.6 is 0 Å². The molecule has 1 N–H and O–H groups in total. The van der Waals surface area contributed by atoms with Crippen LogP contribution in [0.4, 0.5) is 0 Å². The number of nitrogens with zero attached hydrogens (tertiary/aromatic N) is 1. The van der Waals surface area contributed by atoms with Gasteiger partial charge >= 0.3 is 5.97 Å². The Morgan fingerprint density at radius 1 is 1.15 bits per heavy atom. The van der Waals surface area contributed by atoms with E-state index in [-0.39, 0.29) is 18.2 Å². The van der Waals surface area contributed by atoms with Crippen LogP contribution in [0, 0.1) is 5.41 Å². The molecule has 5 nitrogen and oxygen atoms in total. The van der Waals surface area contributed by atoms with Crippen molar-refractivity contribution in [2.45, 2.75) is 65.2 Å². The van der Waals surface area contributed by atoms with Crippen molar-refractivity contribution >= 4 is 17.8 Å². The lowest BCUT2D eigenvalue weighted by molar-refractivity contribution is -0.141. The molecule has 0 aromatic heterocycles. The molecule has 0 unspecified atom stereocenters. The minimum atomic E-state index is -0.773. The monoisotopic (exact) mass is 283 g/mol. The van der Waals surface area contributed by atoms with Crippen LogP contribution in [0.15, 0.2) is 0 Å². The Labute approximate surface area is 120 Å². The van der Waals surface area contributed by atoms with Gasteiger partial charge in [-0.25, -0.2) is 0 Å². The van der Waals surface area contributed by atoms with Crippen molar-refractivity contribution in [2.24, 2.45) is 5.41 Å². The highest BCUT2D eigenvalue weighted by molar-refractivity contribution is 6.05. The lowest BCUT2D eigenvalue weighted by Crippen LogP contribution is -2.35. The zero-order chi connectivity index (χ0) is 15.2. The summed E-state index contributed by atoms with van der Waals surface area (Å²) in [6.07, 6.45) is 5.07. The van der Waals surface area contributed by atoms with Gasteiger partial charge in [0.2, 0.25) is 11.8 Å². The largest absolute Gasteiger partial charge is 0.481 e. The van der Waals surface area contributed by atoms with Crippen LogP contribution in [-0.4, -0.2) is 34.3 Å². The van der Waals surface area contributed by atoms with Crippen molar-refractivity contribution in [3.63, 3.8) is 0 Å². The fraction of sp³-hybridized carbons (Fsp3) is 0.800. The number of likely N-dealkylation sites (tertiary alicyclic amines) is 1. The van der Waals surface area contributed by atoms with E-state index in [0.717, 1.165) is 19.3 Å². The van der Waals surface area contributed by atoms with Gasteiger partial charge in [0.25, 0.3) is 0 Å². The van der Waals surface area contributed by atoms with Gasteiger partial charge in [-0.05, 0) is 25.7 Å². The Hall–Kier alpha value is -1.39. The summed E-state index contributed by atoms with van der Waals surface area (Å²) >= 11 is 0. The van der Waals surface area contributed by atoms with Crippen molar-refractivity contribution in [1.82, 2.24) is 4.90 Å². The Morgan fingerprint density at radius 2 is 1.75 bits per heavy atom. The van der Waals surface area contributed by atoms with Crippen LogP contribution in [-0.2, 0) is 14.4 Å². The second-order valence-electron chi connectivity index (χ2n) is 5.57. The number of aliphatic carboxylic acids is 1. The van der Waals surface area contributed by atoms with E-state index in [9.17, 15) is 14.4 Å². The van der Waals surface area contributed by atoms with Crippen LogP contribution in [0.25, 0.3) is 0 Å². The lowest BCUT2D eigenvalue weighted by Gasteiger charge is -2.23. The van der Waals surface area contributed by atoms with Gasteiger partial charge in [0.1, 0.15) is 0 Å². The van der Waals surface area contributed by atoms with Gasteiger partial charge < -0.3 is 5.11 Å². The molecule has 0 atom stereocenters. The Morgan fingerprint density at radius 3 is 2.25 bits per heavy atom. The molecule has 1 heterocycles. The molecule has 0 bridgehead atoms. The topological polar surface area (TPSA) is 74.7 Å². The smallest absolute Gasteiger partial charge is 0.303 e. The first-order valence-electron chi connectivity index (χ1n) is 7.53. The molecule has 1 rings (SSSR count). The van der Waals surface area contributed by atoms with Gasteiger partial charge in [-0.1, -0.05) is 26.7 Å². The number of rotatable bonds is 9. The third-order valence-corrected chi connectivity index (χ3v) is 4.37. The fourth-order valence-corrected chi connectivity index (χ4v) is 2.79. The Kier molecular flexibility index (Phi) is 6.17. The SMILES string of the molecule is CCC1(CC)CC(=O)N(CCCCCCC(=O)O)C1=O. The molecule has 0 aromatic rings. The number of amides is 2. The average molecular weight is 283 g/mol. The maximum Gasteiger partial charge on any atom is 0.303 e. The van der Waals surface area contributed by atoms with E-state index in [0.29, 0.717) is 32.2 Å². The number of carbonyl (C=O) groups is 3. The molecule has 5 heteroatoms. The molecule has 1 saturated heterocycles. The minimum absolute atomic E-state index is 0.0157. The summed E-state index contributed by atoms with van der Waals surface area (Å²) in [6.45, 7) is 4.40. The van der Waals surface area contributed by atoms with Crippen molar-refractivity contribution < 1.29 is 19.5 Å². The number of hydrogen-bond acceptors (Lipinski definition) is 3. The maximum absolute atomic E-state index is 12.3. The molecular weight excluding hydrogens is 258 g/mol. The highest BCUT2D eigenvalue weighted by Gasteiger charge is 2.48. The fourth-order valence-electron chi connectivity index (χ4n) is 2.79. The van der Waals surface area contributed by atoms with Crippen molar-refractivity contribution in [1.29, 1.82) is 0 Å². The van der Waals surface area contributed by atoms with E-state index in [1.807, 2.05) is 13.8 Å². The normalized spacial score (nSPS) is 17.8. The van der Waals surface area contributed by atoms with E-state index in [4.69, 9.17) is 5.11 Å². The van der Waals surface area contributed by atoms with E-state index < -0.39 is 11.4 Å². The second kappa shape index (κ2) is 7.41. The van der Waals surface area contributed by atoms with Crippen LogP contribution in [0.3, 0.4) is 0 Å². The van der Waals surface area contributed by atoms with E-state index in [1.54, 1.807) is 0 Å². The van der Waals surface area contributed by atoms with Gasteiger partial charge in [-0.2, -0.15) is 0 Å². The Bertz CT molecular complexity index is 374. The van der Waals surface area contributed by atoms with E-state index in [1.165, 1.54) is 4.90 Å². The third kappa shape index (κ3) is 3.81. The summed E-state index contributed by atoms with van der Waals surface area (Å²) in [7, 11) is 0. The summed E-state index contributed by atoms with van der Waals surface area (Å²) in [5, 5.41) is 8.53. The summed E-state index contributed by atoms with van der Waals surface area (Å²) < 4.78 is 0. The lowest BCUT2D eigenvalue weighted by atomic mass is 9.81. The number of carboxylic acids is 1. The number of carbonyl (C=O) groups excluding carboxylic acids is 2. The Balaban J connectivity index is 2.35. The van der Waals surface area contributed by atoms with Crippen LogP contribution < -0.4 is 0 Å². The second-order valence-corrected chi connectivity index (χ2v) is 5.57. The number of carboxylic acid groups (broad SMARTS) is 1. The van der Waals surface area contributed by atoms with Gasteiger partial charge in [0.05, 0.1) is 5.41 Å². The summed E-state index contributed by atoms with van der Waals surface area (Å²) in [5.74, 6) is -0.840. The predicted octanol–water partition coefficient (Wildman–Crippen LogP) is 2.59. The first kappa shape index (κ1) is 16.7. The quantitative estimate of drug-likeness (QED) is 0.521. The first-order valence-corrected chi connectivity index (χ1v) is 7.53.